The Morgan fingerprint density at radius 1 is 1.48 bits per heavy atom. The maximum Gasteiger partial charge on any atom is 0.271 e. The maximum atomic E-state index is 12.6. The van der Waals surface area contributed by atoms with Crippen molar-refractivity contribution in [3.8, 4) is 0 Å². The van der Waals surface area contributed by atoms with Crippen LogP contribution < -0.4 is 5.73 Å². The Kier molecular flexibility index (Phi) is 4.52. The van der Waals surface area contributed by atoms with E-state index in [2.05, 4.69) is 0 Å². The Morgan fingerprint density at radius 3 is 2.67 bits per heavy atom. The van der Waals surface area contributed by atoms with Crippen LogP contribution in [0, 0.1) is 10.1 Å². The monoisotopic (exact) mass is 333 g/mol. The first kappa shape index (κ1) is 16.2. The normalized spacial score (nSPS) is 24.0. The van der Waals surface area contributed by atoms with E-state index in [0.717, 1.165) is 12.1 Å². The quantitative estimate of drug-likeness (QED) is 0.669. The highest BCUT2D eigenvalue weighted by Crippen LogP contribution is 2.31. The van der Waals surface area contributed by atoms with Gasteiger partial charge >= 0.3 is 0 Å². The van der Waals surface area contributed by atoms with Crippen LogP contribution in [0.5, 0.6) is 0 Å². The van der Waals surface area contributed by atoms with E-state index in [9.17, 15) is 18.5 Å². The largest absolute Gasteiger partial charge is 0.328 e. The highest BCUT2D eigenvalue weighted by Gasteiger charge is 2.34. The predicted octanol–water partition coefficient (Wildman–Crippen LogP) is 1.75. The summed E-state index contributed by atoms with van der Waals surface area (Å²) < 4.78 is 26.6. The van der Waals surface area contributed by atoms with Gasteiger partial charge in [-0.3, -0.25) is 10.1 Å². The van der Waals surface area contributed by atoms with E-state index in [1.54, 1.807) is 6.92 Å². The lowest BCUT2D eigenvalue weighted by Crippen LogP contribution is -2.48. The number of non-ortho nitro benzene ring substituents is 1. The maximum absolute atomic E-state index is 12.6. The predicted molar refractivity (Wildman–Crippen MR) is 78.7 cm³/mol. The van der Waals surface area contributed by atoms with Gasteiger partial charge in [0, 0.05) is 30.8 Å². The molecule has 2 N–H and O–H groups in total. The van der Waals surface area contributed by atoms with E-state index in [1.165, 1.54) is 10.4 Å². The topological polar surface area (TPSA) is 107 Å². The zero-order chi connectivity index (χ0) is 15.8. The van der Waals surface area contributed by atoms with Crippen molar-refractivity contribution in [1.29, 1.82) is 0 Å². The Balaban J connectivity index is 2.38. The Morgan fingerprint density at radius 2 is 2.14 bits per heavy atom. The molecular formula is C12H16ClN3O4S. The van der Waals surface area contributed by atoms with E-state index in [0.29, 0.717) is 19.4 Å². The number of rotatable bonds is 3. The van der Waals surface area contributed by atoms with Crippen LogP contribution in [0.1, 0.15) is 19.8 Å². The first-order valence-electron chi connectivity index (χ1n) is 6.45. The van der Waals surface area contributed by atoms with Gasteiger partial charge in [-0.1, -0.05) is 11.6 Å². The third-order valence-electron chi connectivity index (χ3n) is 3.57. The summed E-state index contributed by atoms with van der Waals surface area (Å²) in [6, 6.07) is 3.12. The standard InChI is InChI=1S/C12H16ClN3O4S/c1-8-6-9(14)4-5-15(8)21(19,20)12-3-2-10(16(17)18)7-11(12)13/h2-3,7-9H,4-6,14H2,1H3. The average Bonchev–Trinajstić information content (AvgIpc) is 2.37. The number of hydrogen-bond acceptors (Lipinski definition) is 5. The smallest absolute Gasteiger partial charge is 0.271 e. The van der Waals surface area contributed by atoms with Gasteiger partial charge < -0.3 is 5.73 Å². The molecule has 116 valence electrons. The molecule has 21 heavy (non-hydrogen) atoms. The van der Waals surface area contributed by atoms with Crippen LogP contribution in [0.2, 0.25) is 5.02 Å². The summed E-state index contributed by atoms with van der Waals surface area (Å²) >= 11 is 5.92. The number of nitro groups is 1. The van der Waals surface area contributed by atoms with E-state index in [1.807, 2.05) is 0 Å². The molecule has 1 heterocycles. The molecule has 0 saturated carbocycles. The summed E-state index contributed by atoms with van der Waals surface area (Å²) in [5.74, 6) is 0. The molecule has 1 aliphatic heterocycles. The van der Waals surface area contributed by atoms with Crippen LogP contribution in [0.25, 0.3) is 0 Å². The SMILES string of the molecule is CC1CC(N)CCN1S(=O)(=O)c1ccc([N+](=O)[O-])cc1Cl. The summed E-state index contributed by atoms with van der Waals surface area (Å²) in [5, 5.41) is 10.5. The van der Waals surface area contributed by atoms with Crippen LogP contribution in [0.3, 0.4) is 0 Å². The fourth-order valence-corrected chi connectivity index (χ4v) is 4.65. The van der Waals surface area contributed by atoms with Crippen molar-refractivity contribution in [3.05, 3.63) is 33.3 Å². The number of sulfonamides is 1. The molecule has 2 unspecified atom stereocenters. The van der Waals surface area contributed by atoms with E-state index >= 15 is 0 Å². The molecule has 0 bridgehead atoms. The molecule has 1 fully saturated rings. The molecule has 7 nitrogen and oxygen atoms in total. The van der Waals surface area contributed by atoms with Gasteiger partial charge in [0.1, 0.15) is 4.90 Å². The van der Waals surface area contributed by atoms with Gasteiger partial charge in [0.05, 0.1) is 9.95 Å². The van der Waals surface area contributed by atoms with Gasteiger partial charge in [0.25, 0.3) is 5.69 Å². The van der Waals surface area contributed by atoms with Crippen molar-refractivity contribution in [2.45, 2.75) is 36.7 Å². The molecule has 0 aliphatic carbocycles. The van der Waals surface area contributed by atoms with Gasteiger partial charge in [0.2, 0.25) is 10.0 Å². The van der Waals surface area contributed by atoms with Gasteiger partial charge in [0.15, 0.2) is 0 Å². The minimum atomic E-state index is -3.78. The molecule has 1 aromatic rings. The van der Waals surface area contributed by atoms with Crippen molar-refractivity contribution in [3.63, 3.8) is 0 Å². The molecule has 0 spiro atoms. The second-order valence-corrected chi connectivity index (χ2v) is 7.39. The molecule has 2 rings (SSSR count). The number of nitrogens with zero attached hydrogens (tertiary/aromatic N) is 2. The molecule has 9 heteroatoms. The van der Waals surface area contributed by atoms with Gasteiger partial charge in [-0.15, -0.1) is 0 Å². The molecular weight excluding hydrogens is 318 g/mol. The van der Waals surface area contributed by atoms with Crippen molar-refractivity contribution in [2.75, 3.05) is 6.54 Å². The van der Waals surface area contributed by atoms with Crippen LogP contribution >= 0.6 is 11.6 Å². The third-order valence-corrected chi connectivity index (χ3v) is 6.07. The molecule has 2 atom stereocenters. The Hall–Kier alpha value is -1.22. The molecule has 0 amide bonds. The van der Waals surface area contributed by atoms with Crippen LogP contribution in [-0.2, 0) is 10.0 Å². The number of nitro benzene ring substituents is 1. The third kappa shape index (κ3) is 3.18. The number of hydrogen-bond donors (Lipinski definition) is 1. The minimum Gasteiger partial charge on any atom is -0.328 e. The number of nitrogens with two attached hydrogens (primary N) is 1. The van der Waals surface area contributed by atoms with Crippen LogP contribution in [-0.4, -0.2) is 36.3 Å². The minimum absolute atomic E-state index is 0.0150. The fourth-order valence-electron chi connectivity index (χ4n) is 2.48. The number of benzene rings is 1. The van der Waals surface area contributed by atoms with Crippen LogP contribution in [0.15, 0.2) is 23.1 Å². The second kappa shape index (κ2) is 5.88. The molecule has 1 aromatic carbocycles. The first-order valence-corrected chi connectivity index (χ1v) is 8.26. The van der Waals surface area contributed by atoms with Gasteiger partial charge in [-0.05, 0) is 25.8 Å². The lowest BCUT2D eigenvalue weighted by Gasteiger charge is -2.35. The number of halogens is 1. The molecule has 0 aromatic heterocycles. The lowest BCUT2D eigenvalue weighted by molar-refractivity contribution is -0.384. The average molecular weight is 334 g/mol. The molecule has 0 radical (unpaired) electrons. The Bertz CT molecular complexity index is 664. The second-order valence-electron chi connectivity index (χ2n) is 5.12. The zero-order valence-corrected chi connectivity index (χ0v) is 13.0. The van der Waals surface area contributed by atoms with Crippen molar-refractivity contribution in [2.24, 2.45) is 5.73 Å². The van der Waals surface area contributed by atoms with Crippen molar-refractivity contribution in [1.82, 2.24) is 4.31 Å². The zero-order valence-electron chi connectivity index (χ0n) is 11.4. The van der Waals surface area contributed by atoms with Gasteiger partial charge in [-0.2, -0.15) is 4.31 Å². The molecule has 1 aliphatic rings. The summed E-state index contributed by atoms with van der Waals surface area (Å²) in [6.45, 7) is 2.11. The van der Waals surface area contributed by atoms with Crippen LogP contribution in [0.4, 0.5) is 5.69 Å². The first-order chi connectivity index (χ1) is 9.73. The van der Waals surface area contributed by atoms with Crippen molar-refractivity contribution >= 4 is 27.3 Å². The summed E-state index contributed by atoms with van der Waals surface area (Å²) in [7, 11) is -3.78. The van der Waals surface area contributed by atoms with E-state index < -0.39 is 14.9 Å². The lowest BCUT2D eigenvalue weighted by atomic mass is 10.0. The van der Waals surface area contributed by atoms with E-state index in [4.69, 9.17) is 17.3 Å². The van der Waals surface area contributed by atoms with Crippen molar-refractivity contribution < 1.29 is 13.3 Å². The van der Waals surface area contributed by atoms with Gasteiger partial charge in [-0.25, -0.2) is 8.42 Å². The summed E-state index contributed by atoms with van der Waals surface area (Å²) in [5.41, 5.74) is 5.59. The van der Waals surface area contributed by atoms with E-state index in [-0.39, 0.29) is 27.7 Å². The summed E-state index contributed by atoms with van der Waals surface area (Å²) in [6.07, 6.45) is 1.15. The highest BCUT2D eigenvalue weighted by molar-refractivity contribution is 7.89. The summed E-state index contributed by atoms with van der Waals surface area (Å²) in [4.78, 5) is 9.94. The molecule has 1 saturated heterocycles. The number of piperidine rings is 1. The fraction of sp³-hybridized carbons (Fsp3) is 0.500. The Labute approximate surface area is 127 Å². The highest BCUT2D eigenvalue weighted by atomic mass is 35.5.